The van der Waals surface area contributed by atoms with E-state index in [1.54, 1.807) is 13.8 Å². The first-order valence-corrected chi connectivity index (χ1v) is 5.15. The summed E-state index contributed by atoms with van der Waals surface area (Å²) in [6.07, 6.45) is 1.14. The molecule has 1 N–H and O–H groups in total. The van der Waals surface area contributed by atoms with Crippen molar-refractivity contribution in [3.63, 3.8) is 0 Å². The summed E-state index contributed by atoms with van der Waals surface area (Å²) >= 11 is 0. The van der Waals surface area contributed by atoms with Crippen molar-refractivity contribution < 1.29 is 13.2 Å². The van der Waals surface area contributed by atoms with Gasteiger partial charge in [-0.1, -0.05) is 0 Å². The van der Waals surface area contributed by atoms with E-state index in [1.165, 1.54) is 6.92 Å². The summed E-state index contributed by atoms with van der Waals surface area (Å²) in [5.41, 5.74) is 0. The zero-order valence-corrected chi connectivity index (χ0v) is 8.18. The average Bonchev–Trinajstić information content (AvgIpc) is 1.85. The van der Waals surface area contributed by atoms with Crippen LogP contribution in [0.5, 0.6) is 0 Å². The van der Waals surface area contributed by atoms with E-state index >= 15 is 0 Å². The van der Waals surface area contributed by atoms with Crippen molar-refractivity contribution in [3.8, 4) is 0 Å². The fourth-order valence-corrected chi connectivity index (χ4v) is 0.975. The smallest absolute Gasteiger partial charge is 0.220 e. The van der Waals surface area contributed by atoms with Crippen LogP contribution in [0.1, 0.15) is 20.8 Å². The second kappa shape index (κ2) is 4.25. The lowest BCUT2D eigenvalue weighted by Crippen LogP contribution is -2.15. The second-order valence-corrected chi connectivity index (χ2v) is 5.03. The minimum absolute atomic E-state index is 0.287. The van der Waals surface area contributed by atoms with Gasteiger partial charge in [0.25, 0.3) is 0 Å². The standard InChI is InChI=1S/C7H13NO3S/c1-6(2)12(10,11)5-4-8-7(3)9/h4-6H,1-3H3,(H,8,9)/b5-4+. The Kier molecular flexibility index (Phi) is 3.95. The molecule has 12 heavy (non-hydrogen) atoms. The lowest BCUT2D eigenvalue weighted by Gasteiger charge is -2.00. The van der Waals surface area contributed by atoms with Gasteiger partial charge in [0.1, 0.15) is 0 Å². The third kappa shape index (κ3) is 4.12. The van der Waals surface area contributed by atoms with Crippen LogP contribution in [-0.2, 0) is 14.6 Å². The maximum atomic E-state index is 11.1. The van der Waals surface area contributed by atoms with E-state index in [9.17, 15) is 13.2 Å². The Morgan fingerprint density at radius 1 is 1.42 bits per heavy atom. The summed E-state index contributed by atoms with van der Waals surface area (Å²) < 4.78 is 22.1. The van der Waals surface area contributed by atoms with Crippen LogP contribution in [-0.4, -0.2) is 19.6 Å². The molecular formula is C7H13NO3S. The summed E-state index contributed by atoms with van der Waals surface area (Å²) in [5.74, 6) is -0.287. The molecule has 0 aliphatic heterocycles. The van der Waals surface area contributed by atoms with E-state index in [0.29, 0.717) is 0 Å². The Balaban J connectivity index is 4.26. The Labute approximate surface area is 72.6 Å². The first kappa shape index (κ1) is 11.2. The number of nitrogens with one attached hydrogen (secondary N) is 1. The van der Waals surface area contributed by atoms with E-state index in [2.05, 4.69) is 5.32 Å². The fourth-order valence-electron chi connectivity index (χ4n) is 0.403. The maximum Gasteiger partial charge on any atom is 0.220 e. The number of hydrogen-bond donors (Lipinski definition) is 1. The molecule has 70 valence electrons. The minimum atomic E-state index is -3.19. The summed E-state index contributed by atoms with van der Waals surface area (Å²) in [6, 6.07) is 0. The van der Waals surface area contributed by atoms with Gasteiger partial charge in [0.2, 0.25) is 5.91 Å². The van der Waals surface area contributed by atoms with Gasteiger partial charge in [0.05, 0.1) is 5.25 Å². The number of hydrogen-bond acceptors (Lipinski definition) is 3. The normalized spacial score (nSPS) is 12.3. The highest BCUT2D eigenvalue weighted by molar-refractivity contribution is 7.94. The Hall–Kier alpha value is -0.840. The van der Waals surface area contributed by atoms with E-state index in [4.69, 9.17) is 0 Å². The molecule has 0 aromatic carbocycles. The van der Waals surface area contributed by atoms with Crippen molar-refractivity contribution in [3.05, 3.63) is 11.6 Å². The Morgan fingerprint density at radius 2 is 1.92 bits per heavy atom. The molecule has 4 nitrogen and oxygen atoms in total. The van der Waals surface area contributed by atoms with E-state index in [-0.39, 0.29) is 5.91 Å². The van der Waals surface area contributed by atoms with Crippen LogP contribution in [0.15, 0.2) is 11.6 Å². The quantitative estimate of drug-likeness (QED) is 0.703. The zero-order valence-electron chi connectivity index (χ0n) is 7.37. The summed E-state index contributed by atoms with van der Waals surface area (Å²) in [6.45, 7) is 4.47. The van der Waals surface area contributed by atoms with E-state index in [0.717, 1.165) is 11.6 Å². The van der Waals surface area contributed by atoms with Gasteiger partial charge >= 0.3 is 0 Å². The molecule has 0 aliphatic rings. The summed E-state index contributed by atoms with van der Waals surface area (Å²) in [7, 11) is -3.19. The van der Waals surface area contributed by atoms with Gasteiger partial charge < -0.3 is 5.32 Å². The van der Waals surface area contributed by atoms with Crippen LogP contribution in [0.3, 0.4) is 0 Å². The van der Waals surface area contributed by atoms with Crippen molar-refractivity contribution in [2.75, 3.05) is 0 Å². The van der Waals surface area contributed by atoms with Crippen molar-refractivity contribution in [1.29, 1.82) is 0 Å². The lowest BCUT2D eigenvalue weighted by molar-refractivity contribution is -0.118. The van der Waals surface area contributed by atoms with Crippen LogP contribution in [0.2, 0.25) is 0 Å². The van der Waals surface area contributed by atoms with Gasteiger partial charge in [0.15, 0.2) is 9.84 Å². The highest BCUT2D eigenvalue weighted by atomic mass is 32.2. The van der Waals surface area contributed by atoms with Crippen LogP contribution < -0.4 is 5.32 Å². The third-order valence-electron chi connectivity index (χ3n) is 1.20. The topological polar surface area (TPSA) is 63.2 Å². The van der Waals surface area contributed by atoms with Crippen molar-refractivity contribution in [2.45, 2.75) is 26.0 Å². The van der Waals surface area contributed by atoms with Crippen LogP contribution in [0.25, 0.3) is 0 Å². The number of carbonyl (C=O) groups excluding carboxylic acids is 1. The maximum absolute atomic E-state index is 11.1. The largest absolute Gasteiger partial charge is 0.332 e. The van der Waals surface area contributed by atoms with E-state index < -0.39 is 15.1 Å². The minimum Gasteiger partial charge on any atom is -0.332 e. The van der Waals surface area contributed by atoms with Crippen molar-refractivity contribution >= 4 is 15.7 Å². The number of sulfone groups is 1. The molecule has 0 saturated heterocycles. The SMILES string of the molecule is CC(=O)N/C=C/S(=O)(=O)C(C)C. The molecule has 0 atom stereocenters. The first-order valence-electron chi connectivity index (χ1n) is 3.54. The van der Waals surface area contributed by atoms with Gasteiger partial charge in [-0.05, 0) is 13.8 Å². The number of amides is 1. The van der Waals surface area contributed by atoms with E-state index in [1.807, 2.05) is 0 Å². The van der Waals surface area contributed by atoms with Gasteiger partial charge in [-0.15, -0.1) is 0 Å². The van der Waals surface area contributed by atoms with Crippen LogP contribution in [0.4, 0.5) is 0 Å². The Morgan fingerprint density at radius 3 is 2.25 bits per heavy atom. The predicted octanol–water partition coefficient (Wildman–Crippen LogP) is 0.417. The van der Waals surface area contributed by atoms with Crippen molar-refractivity contribution in [2.24, 2.45) is 0 Å². The molecule has 0 spiro atoms. The molecule has 0 fully saturated rings. The average molecular weight is 191 g/mol. The molecule has 1 amide bonds. The molecule has 0 aromatic rings. The van der Waals surface area contributed by atoms with Gasteiger partial charge in [-0.25, -0.2) is 8.42 Å². The first-order chi connectivity index (χ1) is 5.36. The highest BCUT2D eigenvalue weighted by Crippen LogP contribution is 2.00. The third-order valence-corrected chi connectivity index (χ3v) is 3.03. The van der Waals surface area contributed by atoms with Gasteiger partial charge in [-0.2, -0.15) is 0 Å². The monoisotopic (exact) mass is 191 g/mol. The molecule has 0 radical (unpaired) electrons. The molecule has 0 heterocycles. The lowest BCUT2D eigenvalue weighted by atomic mass is 10.6. The fraction of sp³-hybridized carbons (Fsp3) is 0.571. The molecule has 0 bridgehead atoms. The van der Waals surface area contributed by atoms with Crippen molar-refractivity contribution in [1.82, 2.24) is 5.32 Å². The molecular weight excluding hydrogens is 178 g/mol. The molecule has 0 rings (SSSR count). The summed E-state index contributed by atoms with van der Waals surface area (Å²) in [4.78, 5) is 10.3. The predicted molar refractivity (Wildman–Crippen MR) is 47.0 cm³/mol. The van der Waals surface area contributed by atoms with Crippen LogP contribution in [0, 0.1) is 0 Å². The highest BCUT2D eigenvalue weighted by Gasteiger charge is 2.10. The molecule has 5 heteroatoms. The van der Waals surface area contributed by atoms with Gasteiger partial charge in [0, 0.05) is 18.5 Å². The number of rotatable bonds is 3. The second-order valence-electron chi connectivity index (χ2n) is 2.64. The summed E-state index contributed by atoms with van der Waals surface area (Å²) in [5, 5.41) is 2.80. The molecule has 0 saturated carbocycles. The Bertz CT molecular complexity index is 277. The molecule has 0 aliphatic carbocycles. The molecule has 0 unspecified atom stereocenters. The number of carbonyl (C=O) groups is 1. The van der Waals surface area contributed by atoms with Gasteiger partial charge in [-0.3, -0.25) is 4.79 Å². The van der Waals surface area contributed by atoms with Crippen LogP contribution >= 0.6 is 0 Å². The molecule has 0 aromatic heterocycles. The zero-order chi connectivity index (χ0) is 9.78.